The molecule has 0 bridgehead atoms. The summed E-state index contributed by atoms with van der Waals surface area (Å²) < 4.78 is 17.5. The van der Waals surface area contributed by atoms with Crippen molar-refractivity contribution in [1.29, 1.82) is 0 Å². The van der Waals surface area contributed by atoms with Crippen molar-refractivity contribution in [2.24, 2.45) is 0 Å². The number of nitrogens with zero attached hydrogens (tertiary/aromatic N) is 1. The van der Waals surface area contributed by atoms with Gasteiger partial charge in [-0.25, -0.2) is 4.39 Å². The third kappa shape index (κ3) is 3.68. The fourth-order valence-electron chi connectivity index (χ4n) is 0.964. The van der Waals surface area contributed by atoms with Crippen LogP contribution in [0.4, 0.5) is 4.39 Å². The predicted molar refractivity (Wildman–Crippen MR) is 44.3 cm³/mol. The van der Waals surface area contributed by atoms with Gasteiger partial charge in [-0.05, 0) is 6.54 Å². The fourth-order valence-corrected chi connectivity index (χ4v) is 0.964. The lowest BCUT2D eigenvalue weighted by Gasteiger charge is -2.28. The SMILES string of the molecule is CC.CCN1CCOCC1F. The second kappa shape index (κ2) is 6.55. The average Bonchev–Trinajstić information content (AvgIpc) is 2.09. The van der Waals surface area contributed by atoms with Gasteiger partial charge >= 0.3 is 0 Å². The van der Waals surface area contributed by atoms with Crippen LogP contribution >= 0.6 is 0 Å². The molecule has 1 rings (SSSR count). The summed E-state index contributed by atoms with van der Waals surface area (Å²) in [6, 6.07) is 0. The van der Waals surface area contributed by atoms with Gasteiger partial charge in [-0.3, -0.25) is 4.90 Å². The van der Waals surface area contributed by atoms with Crippen molar-refractivity contribution in [2.75, 3.05) is 26.3 Å². The number of rotatable bonds is 1. The van der Waals surface area contributed by atoms with E-state index in [1.165, 1.54) is 0 Å². The Morgan fingerprint density at radius 2 is 2.18 bits per heavy atom. The molecule has 68 valence electrons. The molecule has 0 saturated carbocycles. The third-order valence-electron chi connectivity index (χ3n) is 1.58. The van der Waals surface area contributed by atoms with E-state index < -0.39 is 6.30 Å². The lowest BCUT2D eigenvalue weighted by molar-refractivity contribution is -0.0600. The summed E-state index contributed by atoms with van der Waals surface area (Å²) in [5, 5.41) is 0. The molecular formula is C8H18FNO. The quantitative estimate of drug-likeness (QED) is 0.545. The molecule has 1 aliphatic heterocycles. The summed E-state index contributed by atoms with van der Waals surface area (Å²) in [5.74, 6) is 0. The van der Waals surface area contributed by atoms with E-state index in [9.17, 15) is 4.39 Å². The van der Waals surface area contributed by atoms with Crippen molar-refractivity contribution in [2.45, 2.75) is 27.1 Å². The van der Waals surface area contributed by atoms with Crippen LogP contribution in [0.1, 0.15) is 20.8 Å². The van der Waals surface area contributed by atoms with E-state index in [2.05, 4.69) is 0 Å². The Balaban J connectivity index is 0.000000461. The maximum atomic E-state index is 12.6. The Kier molecular flexibility index (Phi) is 6.46. The van der Waals surface area contributed by atoms with Gasteiger partial charge in [0.1, 0.15) is 0 Å². The van der Waals surface area contributed by atoms with Gasteiger partial charge in [0.25, 0.3) is 0 Å². The van der Waals surface area contributed by atoms with Gasteiger partial charge in [-0.15, -0.1) is 0 Å². The molecule has 0 aliphatic carbocycles. The van der Waals surface area contributed by atoms with Crippen molar-refractivity contribution in [3.63, 3.8) is 0 Å². The first-order valence-electron chi connectivity index (χ1n) is 4.30. The van der Waals surface area contributed by atoms with Crippen molar-refractivity contribution in [3.8, 4) is 0 Å². The standard InChI is InChI=1S/C6H12FNO.C2H6/c1-2-8-3-4-9-5-6(8)7;1-2/h6H,2-5H2,1H3;1-2H3. The third-order valence-corrected chi connectivity index (χ3v) is 1.58. The van der Waals surface area contributed by atoms with Crippen LogP contribution in [0, 0.1) is 0 Å². The molecule has 0 spiro atoms. The molecule has 0 N–H and O–H groups in total. The van der Waals surface area contributed by atoms with Gasteiger partial charge < -0.3 is 4.74 Å². The second-order valence-electron chi connectivity index (χ2n) is 2.14. The van der Waals surface area contributed by atoms with Crippen LogP contribution in [0.3, 0.4) is 0 Å². The highest BCUT2D eigenvalue weighted by Gasteiger charge is 2.19. The van der Waals surface area contributed by atoms with Crippen LogP contribution in [-0.2, 0) is 4.74 Å². The van der Waals surface area contributed by atoms with E-state index in [1.807, 2.05) is 20.8 Å². The molecule has 3 heteroatoms. The van der Waals surface area contributed by atoms with Crippen molar-refractivity contribution >= 4 is 0 Å². The molecule has 0 aromatic heterocycles. The summed E-state index contributed by atoms with van der Waals surface area (Å²) in [4.78, 5) is 1.77. The Hall–Kier alpha value is -0.150. The van der Waals surface area contributed by atoms with Gasteiger partial charge in [0.2, 0.25) is 0 Å². The monoisotopic (exact) mass is 163 g/mol. The Bertz CT molecular complexity index is 90.2. The normalized spacial score (nSPS) is 25.6. The molecule has 0 aromatic rings. The van der Waals surface area contributed by atoms with E-state index in [4.69, 9.17) is 4.74 Å². The smallest absolute Gasteiger partial charge is 0.177 e. The van der Waals surface area contributed by atoms with E-state index in [0.717, 1.165) is 13.1 Å². The zero-order valence-electron chi connectivity index (χ0n) is 7.64. The van der Waals surface area contributed by atoms with Gasteiger partial charge in [0.05, 0.1) is 13.2 Å². The number of hydrogen-bond donors (Lipinski definition) is 0. The minimum Gasteiger partial charge on any atom is -0.376 e. The maximum Gasteiger partial charge on any atom is 0.177 e. The number of halogens is 1. The lowest BCUT2D eigenvalue weighted by Crippen LogP contribution is -2.42. The Morgan fingerprint density at radius 1 is 1.55 bits per heavy atom. The molecule has 0 aromatic carbocycles. The number of ether oxygens (including phenoxy) is 1. The highest BCUT2D eigenvalue weighted by atomic mass is 19.1. The van der Waals surface area contributed by atoms with Crippen LogP contribution in [0.15, 0.2) is 0 Å². The first kappa shape index (κ1) is 10.8. The Labute approximate surface area is 68.3 Å². The molecule has 11 heavy (non-hydrogen) atoms. The predicted octanol–water partition coefficient (Wildman–Crippen LogP) is 1.66. The summed E-state index contributed by atoms with van der Waals surface area (Å²) in [5.41, 5.74) is 0. The number of hydrogen-bond acceptors (Lipinski definition) is 2. The van der Waals surface area contributed by atoms with E-state index >= 15 is 0 Å². The van der Waals surface area contributed by atoms with Crippen molar-refractivity contribution < 1.29 is 9.13 Å². The molecule has 1 saturated heterocycles. The summed E-state index contributed by atoms with van der Waals surface area (Å²) in [6.45, 7) is 8.39. The highest BCUT2D eigenvalue weighted by Crippen LogP contribution is 2.05. The molecule has 0 radical (unpaired) electrons. The minimum absolute atomic E-state index is 0.244. The number of likely N-dealkylation sites (N-methyl/N-ethyl adjacent to an activating group) is 1. The number of alkyl halides is 1. The Morgan fingerprint density at radius 3 is 2.55 bits per heavy atom. The summed E-state index contributed by atoms with van der Waals surface area (Å²) >= 11 is 0. The average molecular weight is 163 g/mol. The highest BCUT2D eigenvalue weighted by molar-refractivity contribution is 4.63. The van der Waals surface area contributed by atoms with Crippen LogP contribution in [0.5, 0.6) is 0 Å². The van der Waals surface area contributed by atoms with E-state index in [1.54, 1.807) is 4.90 Å². The van der Waals surface area contributed by atoms with Crippen molar-refractivity contribution in [1.82, 2.24) is 4.90 Å². The molecule has 1 unspecified atom stereocenters. The van der Waals surface area contributed by atoms with Crippen LogP contribution in [0.25, 0.3) is 0 Å². The minimum atomic E-state index is -0.872. The molecule has 1 heterocycles. The van der Waals surface area contributed by atoms with Crippen molar-refractivity contribution in [3.05, 3.63) is 0 Å². The van der Waals surface area contributed by atoms with Gasteiger partial charge in [0, 0.05) is 6.54 Å². The van der Waals surface area contributed by atoms with Crippen LogP contribution in [-0.4, -0.2) is 37.5 Å². The van der Waals surface area contributed by atoms with E-state index in [-0.39, 0.29) is 6.61 Å². The summed E-state index contributed by atoms with van der Waals surface area (Å²) in [7, 11) is 0. The molecular weight excluding hydrogens is 145 g/mol. The maximum absolute atomic E-state index is 12.6. The van der Waals surface area contributed by atoms with Gasteiger partial charge in [-0.1, -0.05) is 20.8 Å². The molecule has 1 aliphatic rings. The first-order valence-corrected chi connectivity index (χ1v) is 4.30. The van der Waals surface area contributed by atoms with Gasteiger partial charge in [0.15, 0.2) is 6.30 Å². The lowest BCUT2D eigenvalue weighted by atomic mass is 10.4. The van der Waals surface area contributed by atoms with Crippen LogP contribution < -0.4 is 0 Å². The number of morpholine rings is 1. The molecule has 0 amide bonds. The zero-order valence-corrected chi connectivity index (χ0v) is 7.64. The second-order valence-corrected chi connectivity index (χ2v) is 2.14. The zero-order chi connectivity index (χ0) is 8.69. The van der Waals surface area contributed by atoms with Gasteiger partial charge in [-0.2, -0.15) is 0 Å². The molecule has 1 fully saturated rings. The summed E-state index contributed by atoms with van der Waals surface area (Å²) in [6.07, 6.45) is -0.872. The molecule has 1 atom stereocenters. The fraction of sp³-hybridized carbons (Fsp3) is 1.00. The topological polar surface area (TPSA) is 12.5 Å². The van der Waals surface area contributed by atoms with E-state index in [0.29, 0.717) is 6.61 Å². The largest absolute Gasteiger partial charge is 0.376 e. The van der Waals surface area contributed by atoms with Crippen LogP contribution in [0.2, 0.25) is 0 Å². The first-order chi connectivity index (χ1) is 5.34. The molecule has 2 nitrogen and oxygen atoms in total.